The SMILES string of the molecule is CCN1CCCC1CNC(=O)c1ccccc1. The lowest BCUT2D eigenvalue weighted by Gasteiger charge is -2.22. The van der Waals surface area contributed by atoms with Crippen LogP contribution >= 0.6 is 0 Å². The topological polar surface area (TPSA) is 32.3 Å². The van der Waals surface area contributed by atoms with Crippen LogP contribution in [0.4, 0.5) is 0 Å². The highest BCUT2D eigenvalue weighted by Crippen LogP contribution is 2.15. The first-order valence-electron chi connectivity index (χ1n) is 6.38. The van der Waals surface area contributed by atoms with Gasteiger partial charge in [0, 0.05) is 18.2 Å². The zero-order valence-corrected chi connectivity index (χ0v) is 10.4. The van der Waals surface area contributed by atoms with Gasteiger partial charge in [0.05, 0.1) is 0 Å². The maximum Gasteiger partial charge on any atom is 0.251 e. The van der Waals surface area contributed by atoms with Gasteiger partial charge in [-0.25, -0.2) is 0 Å². The Labute approximate surface area is 103 Å². The monoisotopic (exact) mass is 232 g/mol. The van der Waals surface area contributed by atoms with E-state index in [4.69, 9.17) is 0 Å². The molecule has 3 nitrogen and oxygen atoms in total. The lowest BCUT2D eigenvalue weighted by Crippen LogP contribution is -2.40. The van der Waals surface area contributed by atoms with Crippen molar-refractivity contribution in [2.45, 2.75) is 25.8 Å². The van der Waals surface area contributed by atoms with Crippen LogP contribution in [0.1, 0.15) is 30.1 Å². The predicted molar refractivity (Wildman–Crippen MR) is 69.0 cm³/mol. The number of hydrogen-bond acceptors (Lipinski definition) is 2. The molecule has 3 heteroatoms. The molecule has 1 amide bonds. The Hall–Kier alpha value is -1.35. The van der Waals surface area contributed by atoms with Crippen LogP contribution in [0.25, 0.3) is 0 Å². The fourth-order valence-corrected chi connectivity index (χ4v) is 2.44. The van der Waals surface area contributed by atoms with Crippen LogP contribution in [-0.2, 0) is 0 Å². The molecule has 0 saturated carbocycles. The van der Waals surface area contributed by atoms with Crippen LogP contribution in [0, 0.1) is 0 Å². The average Bonchev–Trinajstić information content (AvgIpc) is 2.84. The van der Waals surface area contributed by atoms with Gasteiger partial charge in [0.2, 0.25) is 0 Å². The second-order valence-corrected chi connectivity index (χ2v) is 4.50. The van der Waals surface area contributed by atoms with Gasteiger partial charge in [-0.2, -0.15) is 0 Å². The average molecular weight is 232 g/mol. The molecule has 1 aromatic rings. The minimum absolute atomic E-state index is 0.0357. The molecular weight excluding hydrogens is 212 g/mol. The highest BCUT2D eigenvalue weighted by molar-refractivity contribution is 5.94. The van der Waals surface area contributed by atoms with Crippen molar-refractivity contribution >= 4 is 5.91 Å². The maximum atomic E-state index is 11.9. The molecule has 1 aliphatic rings. The molecule has 1 unspecified atom stereocenters. The van der Waals surface area contributed by atoms with Gasteiger partial charge in [-0.3, -0.25) is 9.69 Å². The molecule has 1 N–H and O–H groups in total. The first-order valence-corrected chi connectivity index (χ1v) is 6.38. The van der Waals surface area contributed by atoms with Crippen LogP contribution in [0.5, 0.6) is 0 Å². The fraction of sp³-hybridized carbons (Fsp3) is 0.500. The van der Waals surface area contributed by atoms with Gasteiger partial charge in [-0.1, -0.05) is 25.1 Å². The minimum atomic E-state index is 0.0357. The zero-order chi connectivity index (χ0) is 12.1. The molecular formula is C14H20N2O. The van der Waals surface area contributed by atoms with Gasteiger partial charge in [-0.15, -0.1) is 0 Å². The number of amides is 1. The Morgan fingerprint density at radius 3 is 2.88 bits per heavy atom. The van der Waals surface area contributed by atoms with Crippen molar-refractivity contribution in [1.29, 1.82) is 0 Å². The number of benzene rings is 1. The van der Waals surface area contributed by atoms with Crippen LogP contribution in [0.3, 0.4) is 0 Å². The van der Waals surface area contributed by atoms with Crippen molar-refractivity contribution in [3.05, 3.63) is 35.9 Å². The molecule has 2 rings (SSSR count). The van der Waals surface area contributed by atoms with Crippen LogP contribution in [0.2, 0.25) is 0 Å². The quantitative estimate of drug-likeness (QED) is 0.860. The third kappa shape index (κ3) is 3.07. The number of hydrogen-bond donors (Lipinski definition) is 1. The number of rotatable bonds is 4. The normalized spacial score (nSPS) is 20.4. The van der Waals surface area contributed by atoms with E-state index in [1.165, 1.54) is 19.4 Å². The second kappa shape index (κ2) is 5.82. The van der Waals surface area contributed by atoms with E-state index in [9.17, 15) is 4.79 Å². The summed E-state index contributed by atoms with van der Waals surface area (Å²) in [5, 5.41) is 3.02. The summed E-state index contributed by atoms with van der Waals surface area (Å²) in [6.45, 7) is 5.19. The van der Waals surface area contributed by atoms with Crippen molar-refractivity contribution in [2.24, 2.45) is 0 Å². The number of likely N-dealkylation sites (tertiary alicyclic amines) is 1. The summed E-state index contributed by atoms with van der Waals surface area (Å²) in [7, 11) is 0. The van der Waals surface area contributed by atoms with Gasteiger partial charge in [-0.05, 0) is 38.1 Å². The number of carbonyl (C=O) groups excluding carboxylic acids is 1. The lowest BCUT2D eigenvalue weighted by molar-refractivity contribution is 0.0941. The molecule has 0 spiro atoms. The van der Waals surface area contributed by atoms with Gasteiger partial charge in [0.1, 0.15) is 0 Å². The van der Waals surface area contributed by atoms with E-state index < -0.39 is 0 Å². The summed E-state index contributed by atoms with van der Waals surface area (Å²) in [6, 6.07) is 9.93. The zero-order valence-electron chi connectivity index (χ0n) is 10.4. The van der Waals surface area contributed by atoms with Gasteiger partial charge in [0.25, 0.3) is 5.91 Å². The molecule has 0 aromatic heterocycles. The van der Waals surface area contributed by atoms with E-state index >= 15 is 0 Å². The highest BCUT2D eigenvalue weighted by atomic mass is 16.1. The van der Waals surface area contributed by atoms with Crippen molar-refractivity contribution in [1.82, 2.24) is 10.2 Å². The molecule has 17 heavy (non-hydrogen) atoms. The van der Waals surface area contributed by atoms with E-state index in [2.05, 4.69) is 17.1 Å². The molecule has 92 valence electrons. The molecule has 1 atom stereocenters. The fourth-order valence-electron chi connectivity index (χ4n) is 2.44. The van der Waals surface area contributed by atoms with Gasteiger partial charge >= 0.3 is 0 Å². The smallest absolute Gasteiger partial charge is 0.251 e. The Morgan fingerprint density at radius 2 is 2.18 bits per heavy atom. The van der Waals surface area contributed by atoms with Crippen LogP contribution in [-0.4, -0.2) is 36.5 Å². The predicted octanol–water partition coefficient (Wildman–Crippen LogP) is 1.90. The van der Waals surface area contributed by atoms with Crippen LogP contribution in [0.15, 0.2) is 30.3 Å². The minimum Gasteiger partial charge on any atom is -0.350 e. The standard InChI is InChI=1S/C14H20N2O/c1-2-16-10-6-9-13(16)11-15-14(17)12-7-4-3-5-8-12/h3-5,7-8,13H,2,6,9-11H2,1H3,(H,15,17). The second-order valence-electron chi connectivity index (χ2n) is 4.50. The number of likely N-dealkylation sites (N-methyl/N-ethyl adjacent to an activating group) is 1. The van der Waals surface area contributed by atoms with E-state index in [1.807, 2.05) is 30.3 Å². The number of carbonyl (C=O) groups is 1. The molecule has 0 aliphatic carbocycles. The third-order valence-electron chi connectivity index (χ3n) is 3.44. The molecule has 1 saturated heterocycles. The lowest BCUT2D eigenvalue weighted by atomic mass is 10.2. The molecule has 0 radical (unpaired) electrons. The number of nitrogens with zero attached hydrogens (tertiary/aromatic N) is 1. The van der Waals surface area contributed by atoms with Crippen molar-refractivity contribution < 1.29 is 4.79 Å². The molecule has 1 heterocycles. The summed E-state index contributed by atoms with van der Waals surface area (Å²) in [5.74, 6) is 0.0357. The summed E-state index contributed by atoms with van der Waals surface area (Å²) >= 11 is 0. The van der Waals surface area contributed by atoms with Crippen molar-refractivity contribution in [3.63, 3.8) is 0 Å². The largest absolute Gasteiger partial charge is 0.350 e. The number of nitrogens with one attached hydrogen (secondary N) is 1. The van der Waals surface area contributed by atoms with E-state index in [1.54, 1.807) is 0 Å². The Bertz CT molecular complexity index is 364. The summed E-state index contributed by atoms with van der Waals surface area (Å²) in [4.78, 5) is 14.3. The molecule has 0 bridgehead atoms. The van der Waals surface area contributed by atoms with Crippen molar-refractivity contribution in [3.8, 4) is 0 Å². The third-order valence-corrected chi connectivity index (χ3v) is 3.44. The Morgan fingerprint density at radius 1 is 1.41 bits per heavy atom. The summed E-state index contributed by atoms with van der Waals surface area (Å²) < 4.78 is 0. The molecule has 1 aliphatic heterocycles. The van der Waals surface area contributed by atoms with Gasteiger partial charge in [0.15, 0.2) is 0 Å². The van der Waals surface area contributed by atoms with E-state index in [0.29, 0.717) is 6.04 Å². The first kappa shape index (κ1) is 12.1. The van der Waals surface area contributed by atoms with Gasteiger partial charge < -0.3 is 5.32 Å². The van der Waals surface area contributed by atoms with E-state index in [0.717, 1.165) is 18.7 Å². The Balaban J connectivity index is 1.84. The first-order chi connectivity index (χ1) is 8.31. The molecule has 1 fully saturated rings. The van der Waals surface area contributed by atoms with Crippen LogP contribution < -0.4 is 5.32 Å². The highest BCUT2D eigenvalue weighted by Gasteiger charge is 2.23. The molecule has 1 aromatic carbocycles. The van der Waals surface area contributed by atoms with Crippen molar-refractivity contribution in [2.75, 3.05) is 19.6 Å². The summed E-state index contributed by atoms with van der Waals surface area (Å²) in [6.07, 6.45) is 2.45. The maximum absolute atomic E-state index is 11.9. The van der Waals surface area contributed by atoms with E-state index in [-0.39, 0.29) is 5.91 Å². The summed E-state index contributed by atoms with van der Waals surface area (Å²) in [5.41, 5.74) is 0.744. The Kier molecular flexibility index (Phi) is 4.15.